The molecule has 2 heterocycles. The molecule has 2 atom stereocenters. The number of ether oxygens (including phenoxy) is 2. The van der Waals surface area contributed by atoms with Crippen LogP contribution in [-0.2, 0) is 6.67 Å². The van der Waals surface area contributed by atoms with Crippen molar-refractivity contribution >= 4 is 5.69 Å². The maximum absolute atomic E-state index is 12.1. The van der Waals surface area contributed by atoms with Crippen LogP contribution in [0.4, 0.5) is 5.69 Å². The molecule has 1 aromatic carbocycles. The predicted octanol–water partition coefficient (Wildman–Crippen LogP) is 1.15. The standard InChI is InChI=1S/C18H21N3O5/c1-25-14-6-7-17(26-2)15(10-14)16-4-3-9-19(16)12-20-11-13(21(23)24)5-8-18(20)22/h5-8,10-11,16H,3-4,9,12H2,1-2H3/p+1/t16-/m0/s1. The van der Waals surface area contributed by atoms with Gasteiger partial charge in [-0.15, -0.1) is 0 Å². The lowest BCUT2D eigenvalue weighted by molar-refractivity contribution is -0.940. The van der Waals surface area contributed by atoms with Gasteiger partial charge in [0.2, 0.25) is 0 Å². The Morgan fingerprint density at radius 2 is 2.08 bits per heavy atom. The Balaban J connectivity index is 1.91. The molecule has 8 nitrogen and oxygen atoms in total. The molecule has 138 valence electrons. The van der Waals surface area contributed by atoms with Gasteiger partial charge in [0.15, 0.2) is 6.67 Å². The topological polar surface area (TPSA) is 88.0 Å². The quantitative estimate of drug-likeness (QED) is 0.617. The maximum atomic E-state index is 12.1. The van der Waals surface area contributed by atoms with Gasteiger partial charge in [-0.2, -0.15) is 0 Å². The van der Waals surface area contributed by atoms with Gasteiger partial charge in [0, 0.05) is 25.0 Å². The summed E-state index contributed by atoms with van der Waals surface area (Å²) >= 11 is 0. The molecule has 1 saturated heterocycles. The molecule has 1 aromatic heterocycles. The van der Waals surface area contributed by atoms with E-state index in [9.17, 15) is 14.9 Å². The normalized spacial score (nSPS) is 19.3. The van der Waals surface area contributed by atoms with E-state index in [1.807, 2.05) is 18.2 Å². The lowest BCUT2D eigenvalue weighted by Gasteiger charge is -2.24. The minimum absolute atomic E-state index is 0.0845. The number of hydrogen-bond donors (Lipinski definition) is 1. The van der Waals surface area contributed by atoms with E-state index >= 15 is 0 Å². The summed E-state index contributed by atoms with van der Waals surface area (Å²) in [5.41, 5.74) is 0.697. The fourth-order valence-corrected chi connectivity index (χ4v) is 3.56. The summed E-state index contributed by atoms with van der Waals surface area (Å²) in [7, 11) is 3.25. The van der Waals surface area contributed by atoms with Crippen LogP contribution in [0.25, 0.3) is 0 Å². The van der Waals surface area contributed by atoms with Crippen LogP contribution in [-0.4, -0.2) is 30.3 Å². The Morgan fingerprint density at radius 1 is 1.27 bits per heavy atom. The first kappa shape index (κ1) is 17.9. The summed E-state index contributed by atoms with van der Waals surface area (Å²) in [4.78, 5) is 23.8. The van der Waals surface area contributed by atoms with E-state index < -0.39 is 4.92 Å². The van der Waals surface area contributed by atoms with E-state index in [1.165, 1.54) is 27.8 Å². The van der Waals surface area contributed by atoms with E-state index in [0.717, 1.165) is 36.4 Å². The highest BCUT2D eigenvalue weighted by molar-refractivity contribution is 5.41. The third-order valence-corrected chi connectivity index (χ3v) is 4.85. The van der Waals surface area contributed by atoms with Gasteiger partial charge >= 0.3 is 0 Å². The van der Waals surface area contributed by atoms with Crippen LogP contribution in [0.1, 0.15) is 24.4 Å². The highest BCUT2D eigenvalue weighted by Gasteiger charge is 2.33. The second kappa shape index (κ2) is 7.57. The molecule has 0 bridgehead atoms. The van der Waals surface area contributed by atoms with E-state index in [-0.39, 0.29) is 17.3 Å². The van der Waals surface area contributed by atoms with E-state index in [1.54, 1.807) is 14.2 Å². The summed E-state index contributed by atoms with van der Waals surface area (Å²) in [6.07, 6.45) is 3.26. The molecule has 3 rings (SSSR count). The Hall–Kier alpha value is -2.87. The maximum Gasteiger partial charge on any atom is 0.285 e. The third kappa shape index (κ3) is 3.55. The van der Waals surface area contributed by atoms with Crippen LogP contribution in [0.5, 0.6) is 11.5 Å². The number of nitro groups is 1. The molecule has 2 aromatic rings. The summed E-state index contributed by atoms with van der Waals surface area (Å²) < 4.78 is 12.3. The van der Waals surface area contributed by atoms with E-state index in [2.05, 4.69) is 0 Å². The zero-order valence-corrected chi connectivity index (χ0v) is 14.8. The minimum atomic E-state index is -0.488. The summed E-state index contributed by atoms with van der Waals surface area (Å²) in [5, 5.41) is 11.0. The molecule has 1 aliphatic heterocycles. The molecule has 0 aliphatic carbocycles. The second-order valence-electron chi connectivity index (χ2n) is 6.32. The van der Waals surface area contributed by atoms with Crippen LogP contribution in [0.3, 0.4) is 0 Å². The van der Waals surface area contributed by atoms with Crippen molar-refractivity contribution in [2.24, 2.45) is 0 Å². The van der Waals surface area contributed by atoms with E-state index in [4.69, 9.17) is 9.47 Å². The predicted molar refractivity (Wildman–Crippen MR) is 94.7 cm³/mol. The lowest BCUT2D eigenvalue weighted by atomic mass is 10.0. The number of nitrogens with zero attached hydrogens (tertiary/aromatic N) is 2. The smallest absolute Gasteiger partial charge is 0.285 e. The lowest BCUT2D eigenvalue weighted by Crippen LogP contribution is -3.09. The van der Waals surface area contributed by atoms with Gasteiger partial charge < -0.3 is 14.4 Å². The average molecular weight is 360 g/mol. The van der Waals surface area contributed by atoms with Crippen LogP contribution in [0.2, 0.25) is 0 Å². The van der Waals surface area contributed by atoms with Crippen molar-refractivity contribution in [3.63, 3.8) is 0 Å². The molecule has 1 aliphatic rings. The van der Waals surface area contributed by atoms with Gasteiger partial charge in [-0.05, 0) is 18.2 Å². The van der Waals surface area contributed by atoms with Crippen LogP contribution in [0.15, 0.2) is 41.3 Å². The Kier molecular flexibility index (Phi) is 5.22. The molecule has 8 heteroatoms. The number of rotatable bonds is 6. The molecular weight excluding hydrogens is 338 g/mol. The Labute approximate surface area is 150 Å². The first-order chi connectivity index (χ1) is 12.5. The van der Waals surface area contributed by atoms with Crippen molar-refractivity contribution in [3.8, 4) is 11.5 Å². The fraction of sp³-hybridized carbons (Fsp3) is 0.389. The number of nitrogens with one attached hydrogen (secondary N) is 1. The number of aromatic nitrogens is 1. The van der Waals surface area contributed by atoms with Crippen LogP contribution >= 0.6 is 0 Å². The van der Waals surface area contributed by atoms with Crippen molar-refractivity contribution in [1.82, 2.24) is 4.57 Å². The zero-order valence-electron chi connectivity index (χ0n) is 14.8. The van der Waals surface area contributed by atoms with E-state index in [0.29, 0.717) is 6.67 Å². The molecule has 26 heavy (non-hydrogen) atoms. The minimum Gasteiger partial charge on any atom is -0.497 e. The van der Waals surface area contributed by atoms with Gasteiger partial charge in [0.1, 0.15) is 17.5 Å². The monoisotopic (exact) mass is 360 g/mol. The molecular formula is C18H22N3O5+. The largest absolute Gasteiger partial charge is 0.497 e. The molecule has 1 unspecified atom stereocenters. The van der Waals surface area contributed by atoms with Crippen LogP contribution in [0, 0.1) is 10.1 Å². The van der Waals surface area contributed by atoms with Gasteiger partial charge in [-0.25, -0.2) is 0 Å². The molecule has 0 radical (unpaired) electrons. The average Bonchev–Trinajstić information content (AvgIpc) is 3.10. The first-order valence-corrected chi connectivity index (χ1v) is 8.45. The SMILES string of the molecule is COc1ccc(OC)c([C@@H]2CCC[NH+]2Cn2cc([N+](=O)[O-])ccc2=O)c1. The Morgan fingerprint density at radius 3 is 2.77 bits per heavy atom. The summed E-state index contributed by atoms with van der Waals surface area (Å²) in [5.74, 6) is 1.53. The number of likely N-dealkylation sites (tertiary alicyclic amines) is 1. The highest BCUT2D eigenvalue weighted by Crippen LogP contribution is 2.31. The summed E-state index contributed by atoms with van der Waals surface area (Å²) in [6, 6.07) is 8.30. The van der Waals surface area contributed by atoms with Gasteiger partial charge in [-0.1, -0.05) is 0 Å². The van der Waals surface area contributed by atoms with Crippen molar-refractivity contribution in [1.29, 1.82) is 0 Å². The third-order valence-electron chi connectivity index (χ3n) is 4.85. The van der Waals surface area contributed by atoms with Gasteiger partial charge in [0.25, 0.3) is 11.2 Å². The second-order valence-corrected chi connectivity index (χ2v) is 6.32. The number of hydrogen-bond acceptors (Lipinski definition) is 5. The van der Waals surface area contributed by atoms with Crippen LogP contribution < -0.4 is 19.9 Å². The molecule has 0 saturated carbocycles. The van der Waals surface area contributed by atoms with Crippen molar-refractivity contribution in [2.45, 2.75) is 25.6 Å². The number of methoxy groups -OCH3 is 2. The number of quaternary nitrogens is 1. The Bertz CT molecular complexity index is 864. The molecule has 0 spiro atoms. The fourth-order valence-electron chi connectivity index (χ4n) is 3.56. The van der Waals surface area contributed by atoms with Crippen molar-refractivity contribution in [3.05, 3.63) is 62.6 Å². The molecule has 0 amide bonds. The highest BCUT2D eigenvalue weighted by atomic mass is 16.6. The zero-order chi connectivity index (χ0) is 18.7. The number of benzene rings is 1. The number of pyridine rings is 1. The molecule has 1 N–H and O–H groups in total. The first-order valence-electron chi connectivity index (χ1n) is 8.45. The van der Waals surface area contributed by atoms with Gasteiger partial charge in [-0.3, -0.25) is 19.5 Å². The van der Waals surface area contributed by atoms with Crippen molar-refractivity contribution in [2.75, 3.05) is 20.8 Å². The van der Waals surface area contributed by atoms with Crippen molar-refractivity contribution < 1.29 is 19.3 Å². The summed E-state index contributed by atoms with van der Waals surface area (Å²) in [6.45, 7) is 1.24. The van der Waals surface area contributed by atoms with Gasteiger partial charge in [0.05, 0.1) is 37.4 Å². The molecule has 1 fully saturated rings.